The van der Waals surface area contributed by atoms with Crippen molar-refractivity contribution in [3.63, 3.8) is 0 Å². The van der Waals surface area contributed by atoms with E-state index in [1.165, 1.54) is 0 Å². The summed E-state index contributed by atoms with van der Waals surface area (Å²) in [5, 5.41) is 8.20. The zero-order valence-electron chi connectivity index (χ0n) is 16.4. The van der Waals surface area contributed by atoms with Gasteiger partial charge in [-0.25, -0.2) is 9.78 Å². The topological polar surface area (TPSA) is 94.2 Å². The first kappa shape index (κ1) is 19.3. The van der Waals surface area contributed by atoms with Crippen LogP contribution in [0.25, 0.3) is 28.6 Å². The molecular formula is C22H19N5O3. The summed E-state index contributed by atoms with van der Waals surface area (Å²) >= 11 is 0. The summed E-state index contributed by atoms with van der Waals surface area (Å²) in [6, 6.07) is 9.54. The lowest BCUT2D eigenvalue weighted by molar-refractivity contribution is 0.118. The second-order valence-corrected chi connectivity index (χ2v) is 6.47. The van der Waals surface area contributed by atoms with Crippen LogP contribution in [-0.4, -0.2) is 50.9 Å². The molecule has 0 saturated carbocycles. The molecule has 0 radical (unpaired) electrons. The number of ether oxygens (including phenoxy) is 1. The quantitative estimate of drug-likeness (QED) is 0.618. The summed E-state index contributed by atoms with van der Waals surface area (Å²) in [7, 11) is 0. The minimum atomic E-state index is -0.368. The Hall–Kier alpha value is -3.99. The molecule has 0 aliphatic carbocycles. The maximum Gasteiger partial charge on any atom is 0.411 e. The van der Waals surface area contributed by atoms with Gasteiger partial charge in [0.05, 0.1) is 18.1 Å². The zero-order valence-corrected chi connectivity index (χ0v) is 16.4. The summed E-state index contributed by atoms with van der Waals surface area (Å²) in [6.07, 6.45) is 5.51. The molecule has 2 aromatic heterocycles. The number of hydrogen-bond acceptors (Lipinski definition) is 7. The Morgan fingerprint density at radius 3 is 2.73 bits per heavy atom. The van der Waals surface area contributed by atoms with Crippen LogP contribution < -0.4 is 0 Å². The Morgan fingerprint density at radius 1 is 1.17 bits per heavy atom. The van der Waals surface area contributed by atoms with Gasteiger partial charge in [0.15, 0.2) is 6.61 Å². The zero-order chi connectivity index (χ0) is 20.8. The molecule has 0 saturated heterocycles. The van der Waals surface area contributed by atoms with Gasteiger partial charge in [-0.3, -0.25) is 4.98 Å². The van der Waals surface area contributed by atoms with Crippen LogP contribution in [0.1, 0.15) is 19.0 Å². The maximum atomic E-state index is 12.0. The molecule has 0 N–H and O–H groups in total. The molecule has 3 aromatic rings. The van der Waals surface area contributed by atoms with E-state index in [0.717, 1.165) is 16.8 Å². The summed E-state index contributed by atoms with van der Waals surface area (Å²) in [5.74, 6) is 6.14. The molecule has 1 aromatic carbocycles. The molecule has 0 atom stereocenters. The molecule has 0 fully saturated rings. The van der Waals surface area contributed by atoms with E-state index >= 15 is 0 Å². The maximum absolute atomic E-state index is 12.0. The van der Waals surface area contributed by atoms with Gasteiger partial charge in [0.2, 0.25) is 5.89 Å². The summed E-state index contributed by atoms with van der Waals surface area (Å²) in [5.41, 5.74) is 3.07. The third-order valence-corrected chi connectivity index (χ3v) is 4.54. The van der Waals surface area contributed by atoms with Gasteiger partial charge in [0.25, 0.3) is 5.89 Å². The Morgan fingerprint density at radius 2 is 1.97 bits per heavy atom. The minimum absolute atomic E-state index is 0.102. The van der Waals surface area contributed by atoms with Crippen LogP contribution in [0.5, 0.6) is 0 Å². The molecule has 8 heteroatoms. The van der Waals surface area contributed by atoms with Gasteiger partial charge in [0, 0.05) is 18.7 Å². The lowest BCUT2D eigenvalue weighted by atomic mass is 10.1. The first-order valence-electron chi connectivity index (χ1n) is 9.46. The molecule has 1 aliphatic heterocycles. The highest BCUT2D eigenvalue weighted by Crippen LogP contribution is 2.25. The highest BCUT2D eigenvalue weighted by molar-refractivity contribution is 5.72. The number of hydrogen-bond donors (Lipinski definition) is 0. The van der Waals surface area contributed by atoms with E-state index in [-0.39, 0.29) is 12.7 Å². The first-order chi connectivity index (χ1) is 14.7. The number of nitrogens with zero attached hydrogens (tertiary/aromatic N) is 5. The molecule has 8 nitrogen and oxygen atoms in total. The average Bonchev–Trinajstić information content (AvgIpc) is 3.30. The minimum Gasteiger partial charge on any atom is -0.436 e. The third kappa shape index (κ3) is 4.36. The number of benzene rings is 1. The van der Waals surface area contributed by atoms with E-state index in [4.69, 9.17) is 9.15 Å². The molecule has 1 aliphatic rings. The van der Waals surface area contributed by atoms with E-state index in [0.29, 0.717) is 37.0 Å². The van der Waals surface area contributed by atoms with Gasteiger partial charge in [-0.2, -0.15) is 0 Å². The molecule has 0 spiro atoms. The van der Waals surface area contributed by atoms with Crippen LogP contribution in [-0.2, 0) is 4.74 Å². The van der Waals surface area contributed by atoms with Crippen molar-refractivity contribution in [3.8, 4) is 34.9 Å². The van der Waals surface area contributed by atoms with Crippen molar-refractivity contribution < 1.29 is 13.9 Å². The summed E-state index contributed by atoms with van der Waals surface area (Å²) < 4.78 is 10.9. The largest absolute Gasteiger partial charge is 0.436 e. The predicted molar refractivity (Wildman–Crippen MR) is 110 cm³/mol. The molecule has 30 heavy (non-hydrogen) atoms. The van der Waals surface area contributed by atoms with Crippen molar-refractivity contribution in [3.05, 3.63) is 54.5 Å². The van der Waals surface area contributed by atoms with Crippen molar-refractivity contribution in [1.82, 2.24) is 25.1 Å². The summed E-state index contributed by atoms with van der Waals surface area (Å²) in [6.45, 7) is 2.79. The third-order valence-electron chi connectivity index (χ3n) is 4.54. The molecule has 0 bridgehead atoms. The van der Waals surface area contributed by atoms with Crippen molar-refractivity contribution in [1.29, 1.82) is 0 Å². The molecule has 0 unspecified atom stereocenters. The fourth-order valence-corrected chi connectivity index (χ4v) is 2.98. The lowest BCUT2D eigenvalue weighted by Crippen LogP contribution is -2.35. The molecule has 1 amide bonds. The van der Waals surface area contributed by atoms with Crippen LogP contribution in [0.2, 0.25) is 0 Å². The standard InChI is InChI=1S/C22H19N5O3/c1-2-3-13-29-22(28)27-11-9-16(10-12-27)18-14-23-15-19(24-18)21-26-25-20(30-21)17-7-5-4-6-8-17/h4-9,14-15H,10-13H2,1H3. The first-order valence-corrected chi connectivity index (χ1v) is 9.46. The van der Waals surface area contributed by atoms with E-state index in [9.17, 15) is 4.79 Å². The Balaban J connectivity index is 1.47. The number of rotatable bonds is 4. The highest BCUT2D eigenvalue weighted by Gasteiger charge is 2.20. The van der Waals surface area contributed by atoms with Crippen molar-refractivity contribution in [2.75, 3.05) is 19.7 Å². The number of carbonyl (C=O) groups excluding carboxylic acids is 1. The van der Waals surface area contributed by atoms with E-state index in [2.05, 4.69) is 32.0 Å². The fraction of sp³-hybridized carbons (Fsp3) is 0.227. The number of aromatic nitrogens is 4. The van der Waals surface area contributed by atoms with Crippen LogP contribution in [0.15, 0.2) is 53.2 Å². The molecule has 150 valence electrons. The van der Waals surface area contributed by atoms with Crippen LogP contribution in [0.3, 0.4) is 0 Å². The second-order valence-electron chi connectivity index (χ2n) is 6.47. The van der Waals surface area contributed by atoms with Crippen molar-refractivity contribution >= 4 is 11.7 Å². The van der Waals surface area contributed by atoms with E-state index in [1.807, 2.05) is 36.4 Å². The van der Waals surface area contributed by atoms with E-state index < -0.39 is 0 Å². The van der Waals surface area contributed by atoms with Gasteiger partial charge >= 0.3 is 6.09 Å². The molecular weight excluding hydrogens is 382 g/mol. The lowest BCUT2D eigenvalue weighted by Gasteiger charge is -2.25. The summed E-state index contributed by atoms with van der Waals surface area (Å²) in [4.78, 5) is 22.5. The van der Waals surface area contributed by atoms with Gasteiger partial charge < -0.3 is 14.1 Å². The van der Waals surface area contributed by atoms with Crippen LogP contribution in [0.4, 0.5) is 4.79 Å². The number of carbonyl (C=O) groups is 1. The fourth-order valence-electron chi connectivity index (χ4n) is 2.98. The van der Waals surface area contributed by atoms with Gasteiger partial charge in [0.1, 0.15) is 5.69 Å². The molecule has 3 heterocycles. The SMILES string of the molecule is CC#CCOC(=O)N1CC=C(c2cncc(-c3nnc(-c4ccccc4)o3)n2)CC1. The monoisotopic (exact) mass is 401 g/mol. The predicted octanol–water partition coefficient (Wildman–Crippen LogP) is 3.44. The highest BCUT2D eigenvalue weighted by atomic mass is 16.6. The van der Waals surface area contributed by atoms with Crippen LogP contribution >= 0.6 is 0 Å². The number of amides is 1. The Labute approximate surface area is 173 Å². The van der Waals surface area contributed by atoms with Crippen LogP contribution in [0, 0.1) is 11.8 Å². The van der Waals surface area contributed by atoms with Gasteiger partial charge in [-0.05, 0) is 31.1 Å². The van der Waals surface area contributed by atoms with Gasteiger partial charge in [-0.15, -0.1) is 16.1 Å². The second kappa shape index (κ2) is 9.01. The Bertz CT molecular complexity index is 1130. The average molecular weight is 401 g/mol. The smallest absolute Gasteiger partial charge is 0.411 e. The van der Waals surface area contributed by atoms with Crippen molar-refractivity contribution in [2.24, 2.45) is 0 Å². The van der Waals surface area contributed by atoms with Crippen molar-refractivity contribution in [2.45, 2.75) is 13.3 Å². The normalized spacial score (nSPS) is 13.2. The molecule has 4 rings (SSSR count). The van der Waals surface area contributed by atoms with Gasteiger partial charge in [-0.1, -0.05) is 30.2 Å². The Kier molecular flexibility index (Phi) is 5.80. The van der Waals surface area contributed by atoms with E-state index in [1.54, 1.807) is 24.2 Å².